The summed E-state index contributed by atoms with van der Waals surface area (Å²) in [6.07, 6.45) is 15.5. The molecule has 4 aliphatic carbocycles. The number of hydrogen-bond donors (Lipinski definition) is 1. The van der Waals surface area contributed by atoms with Crippen LogP contribution in [-0.2, 0) is 11.2 Å². The van der Waals surface area contributed by atoms with Crippen molar-refractivity contribution < 1.29 is 14.6 Å². The minimum absolute atomic E-state index is 0.117. The van der Waals surface area contributed by atoms with Gasteiger partial charge in [0, 0.05) is 17.8 Å². The number of halogens is 1. The molecule has 1 aromatic rings. The molecule has 0 bridgehead atoms. The number of anilines is 1. The number of alkyl halides is 1. The summed E-state index contributed by atoms with van der Waals surface area (Å²) in [4.78, 5) is 15.9. The van der Waals surface area contributed by atoms with Gasteiger partial charge in [-0.25, -0.2) is 0 Å². The Morgan fingerprint density at radius 2 is 1.86 bits per heavy atom. The van der Waals surface area contributed by atoms with Crippen LogP contribution >= 0.6 is 22.6 Å². The van der Waals surface area contributed by atoms with Crippen molar-refractivity contribution >= 4 is 34.1 Å². The first-order valence-electron chi connectivity index (χ1n) is 14.6. The van der Waals surface area contributed by atoms with Crippen LogP contribution in [0.5, 0.6) is 5.75 Å². The summed E-state index contributed by atoms with van der Waals surface area (Å²) in [6, 6.07) is 6.28. The Kier molecular flexibility index (Phi) is 6.74. The average molecular weight is 618 g/mol. The zero-order chi connectivity index (χ0) is 26.0. The fourth-order valence-electron chi connectivity index (χ4n) is 9.80. The fourth-order valence-corrected chi connectivity index (χ4v) is 10.4. The first-order chi connectivity index (χ1) is 17.6. The number of nitrogens with zero attached hydrogens (tertiary/aromatic N) is 1. The molecular weight excluding hydrogens is 573 g/mol. The van der Waals surface area contributed by atoms with E-state index in [0.717, 1.165) is 54.2 Å². The smallest absolute Gasteiger partial charge is 0.173 e. The van der Waals surface area contributed by atoms with Crippen molar-refractivity contribution in [2.45, 2.75) is 90.6 Å². The molecule has 0 spiro atoms. The SMILES string of the molecule is C[C@@]1(O)CC[C@@]2(C)[C@@H](CC[C@@H]3[C@@H]2CC[C@]2(C)[C@@H](C(=O)COc4ccc5c(c4)CC=CN5CI)CC[C@@H]32)C1. The molecule has 0 aromatic heterocycles. The van der Waals surface area contributed by atoms with Crippen molar-refractivity contribution in [2.24, 2.45) is 40.4 Å². The monoisotopic (exact) mass is 617 g/mol. The van der Waals surface area contributed by atoms with E-state index in [1.54, 1.807) is 0 Å². The topological polar surface area (TPSA) is 49.8 Å². The van der Waals surface area contributed by atoms with Crippen molar-refractivity contribution in [3.8, 4) is 5.75 Å². The maximum absolute atomic E-state index is 13.6. The number of hydrogen-bond acceptors (Lipinski definition) is 4. The summed E-state index contributed by atoms with van der Waals surface area (Å²) in [7, 11) is 0. The van der Waals surface area contributed by atoms with E-state index in [-0.39, 0.29) is 17.9 Å². The first kappa shape index (κ1) is 26.2. The van der Waals surface area contributed by atoms with E-state index >= 15 is 0 Å². The van der Waals surface area contributed by atoms with E-state index in [0.29, 0.717) is 23.0 Å². The van der Waals surface area contributed by atoms with Gasteiger partial charge in [-0.1, -0.05) is 42.5 Å². The van der Waals surface area contributed by atoms with Gasteiger partial charge in [-0.2, -0.15) is 0 Å². The third-order valence-corrected chi connectivity index (χ3v) is 12.6. The van der Waals surface area contributed by atoms with E-state index in [9.17, 15) is 9.90 Å². The molecule has 0 unspecified atom stereocenters. The normalized spacial score (nSPS) is 42.4. The second kappa shape index (κ2) is 9.53. The second-order valence-corrected chi connectivity index (χ2v) is 14.4. The van der Waals surface area contributed by atoms with Crippen LogP contribution in [0.2, 0.25) is 0 Å². The number of Topliss-reactive ketones (excluding diaryl/α,β-unsaturated/α-hetero) is 1. The molecule has 0 radical (unpaired) electrons. The Morgan fingerprint density at radius 1 is 1.05 bits per heavy atom. The molecule has 1 aromatic carbocycles. The third-order valence-electron chi connectivity index (χ3n) is 11.8. The summed E-state index contributed by atoms with van der Waals surface area (Å²) in [5.74, 6) is 4.09. The lowest BCUT2D eigenvalue weighted by molar-refractivity contribution is -0.151. The van der Waals surface area contributed by atoms with Crippen LogP contribution in [0.3, 0.4) is 0 Å². The third kappa shape index (κ3) is 4.38. The van der Waals surface area contributed by atoms with Crippen LogP contribution in [0.1, 0.15) is 84.1 Å². The number of allylic oxidation sites excluding steroid dienone is 1. The van der Waals surface area contributed by atoms with Crippen LogP contribution in [0, 0.1) is 40.4 Å². The summed E-state index contributed by atoms with van der Waals surface area (Å²) >= 11 is 2.39. The van der Waals surface area contributed by atoms with Gasteiger partial charge >= 0.3 is 0 Å². The van der Waals surface area contributed by atoms with Crippen LogP contribution in [-0.4, -0.2) is 27.6 Å². The van der Waals surface area contributed by atoms with E-state index in [1.807, 2.05) is 13.0 Å². The Labute approximate surface area is 236 Å². The lowest BCUT2D eigenvalue weighted by Gasteiger charge is -2.61. The molecule has 4 nitrogen and oxygen atoms in total. The fraction of sp³-hybridized carbons (Fsp3) is 0.719. The predicted molar refractivity (Wildman–Crippen MR) is 157 cm³/mol. The van der Waals surface area contributed by atoms with Gasteiger partial charge in [-0.15, -0.1) is 0 Å². The molecule has 0 saturated heterocycles. The van der Waals surface area contributed by atoms with Gasteiger partial charge in [-0.05, 0) is 129 Å². The van der Waals surface area contributed by atoms with Gasteiger partial charge in [0.1, 0.15) is 12.4 Å². The van der Waals surface area contributed by atoms with Gasteiger partial charge in [0.2, 0.25) is 0 Å². The second-order valence-electron chi connectivity index (χ2n) is 13.8. The minimum atomic E-state index is -0.477. The van der Waals surface area contributed by atoms with Crippen molar-refractivity contribution in [1.82, 2.24) is 0 Å². The zero-order valence-corrected chi connectivity index (χ0v) is 25.0. The lowest BCUT2D eigenvalue weighted by atomic mass is 9.44. The number of rotatable bonds is 5. The zero-order valence-electron chi connectivity index (χ0n) is 22.8. The Bertz CT molecular complexity index is 1080. The first-order valence-corrected chi connectivity index (χ1v) is 16.2. The van der Waals surface area contributed by atoms with Crippen LogP contribution in [0.15, 0.2) is 30.5 Å². The van der Waals surface area contributed by atoms with Gasteiger partial charge < -0.3 is 14.7 Å². The number of aliphatic hydroxyl groups is 1. The average Bonchev–Trinajstić information content (AvgIpc) is 3.24. The molecule has 4 fully saturated rings. The molecule has 6 rings (SSSR count). The Morgan fingerprint density at radius 3 is 2.68 bits per heavy atom. The van der Waals surface area contributed by atoms with Crippen molar-refractivity contribution in [3.05, 3.63) is 36.0 Å². The standard InChI is InChI=1S/C32H44INO3/c1-30(36)14-15-31(2)22(18-30)6-8-24-25-9-10-27(32(25,3)13-12-26(24)31)29(35)19-37-23-7-11-28-21(17-23)5-4-16-34(28)20-33/h4,7,11,16-17,22,24-27,36H,5-6,8-10,12-15,18-20H2,1-3H3/t22-,24-,25-,26-,27+,30+,31-,32-/m0/s1. The van der Waals surface area contributed by atoms with E-state index in [1.165, 1.54) is 43.4 Å². The van der Waals surface area contributed by atoms with Crippen LogP contribution in [0.25, 0.3) is 0 Å². The number of fused-ring (bicyclic) bond motifs is 6. The van der Waals surface area contributed by atoms with E-state index in [2.05, 4.69) is 65.7 Å². The van der Waals surface area contributed by atoms with E-state index in [4.69, 9.17) is 4.74 Å². The maximum Gasteiger partial charge on any atom is 0.173 e. The summed E-state index contributed by atoms with van der Waals surface area (Å²) in [6.45, 7) is 7.23. The van der Waals surface area contributed by atoms with Crippen LogP contribution < -0.4 is 9.64 Å². The molecule has 202 valence electrons. The van der Waals surface area contributed by atoms with Crippen LogP contribution in [0.4, 0.5) is 5.69 Å². The molecule has 1 aliphatic heterocycles. The molecule has 8 atom stereocenters. The molecule has 5 heteroatoms. The van der Waals surface area contributed by atoms with Gasteiger partial charge in [0.05, 0.1) is 10.2 Å². The predicted octanol–water partition coefficient (Wildman–Crippen LogP) is 7.31. The highest BCUT2D eigenvalue weighted by atomic mass is 127. The highest BCUT2D eigenvalue weighted by molar-refractivity contribution is 14.1. The summed E-state index contributed by atoms with van der Waals surface area (Å²) < 4.78 is 7.06. The molecule has 5 aliphatic rings. The van der Waals surface area contributed by atoms with Crippen molar-refractivity contribution in [3.63, 3.8) is 0 Å². The molecular formula is C32H44INO3. The quantitative estimate of drug-likeness (QED) is 0.214. The summed E-state index contributed by atoms with van der Waals surface area (Å²) in [5.41, 5.74) is 2.51. The van der Waals surface area contributed by atoms with Crippen molar-refractivity contribution in [2.75, 3.05) is 16.1 Å². The van der Waals surface area contributed by atoms with Gasteiger partial charge in [0.15, 0.2) is 5.78 Å². The molecule has 0 amide bonds. The van der Waals surface area contributed by atoms with E-state index < -0.39 is 5.60 Å². The number of carbonyl (C=O) groups excluding carboxylic acids is 1. The molecule has 4 saturated carbocycles. The molecule has 1 heterocycles. The Hall–Kier alpha value is -1.08. The number of ketones is 1. The highest BCUT2D eigenvalue weighted by Gasteiger charge is 2.61. The molecule has 37 heavy (non-hydrogen) atoms. The number of benzene rings is 1. The number of carbonyl (C=O) groups is 1. The minimum Gasteiger partial charge on any atom is -0.486 e. The van der Waals surface area contributed by atoms with Crippen molar-refractivity contribution in [1.29, 1.82) is 0 Å². The van der Waals surface area contributed by atoms with Gasteiger partial charge in [-0.3, -0.25) is 4.79 Å². The Balaban J connectivity index is 1.13. The maximum atomic E-state index is 13.6. The highest BCUT2D eigenvalue weighted by Crippen LogP contribution is 2.68. The lowest BCUT2D eigenvalue weighted by Crippen LogP contribution is -2.55. The summed E-state index contributed by atoms with van der Waals surface area (Å²) in [5, 5.41) is 10.8. The number of ether oxygens (including phenoxy) is 1. The van der Waals surface area contributed by atoms with Gasteiger partial charge in [0.25, 0.3) is 0 Å². The molecule has 1 N–H and O–H groups in total. The largest absolute Gasteiger partial charge is 0.486 e.